The number of allylic oxidation sites excluding steroid dienone is 3. The zero-order chi connectivity index (χ0) is 20.8. The minimum Gasteiger partial charge on any atom is -0.431 e. The molecule has 158 valence electrons. The molecule has 0 bridgehead atoms. The van der Waals surface area contributed by atoms with E-state index in [1.807, 2.05) is 31.2 Å². The molecule has 1 saturated heterocycles. The van der Waals surface area contributed by atoms with E-state index in [-0.39, 0.29) is 12.1 Å². The lowest BCUT2D eigenvalue weighted by Gasteiger charge is -2.32. The lowest BCUT2D eigenvalue weighted by molar-refractivity contribution is 0.202. The maximum Gasteiger partial charge on any atom is 0.314 e. The van der Waals surface area contributed by atoms with Crippen LogP contribution in [-0.2, 0) is 0 Å². The Bertz CT molecular complexity index is 937. The number of hydrogen-bond donors (Lipinski definition) is 2. The Morgan fingerprint density at radius 3 is 2.87 bits per heavy atom. The van der Waals surface area contributed by atoms with Crippen LogP contribution in [0, 0.1) is 0 Å². The Balaban J connectivity index is 1.26. The van der Waals surface area contributed by atoms with Crippen molar-refractivity contribution in [2.45, 2.75) is 32.2 Å². The zero-order valence-corrected chi connectivity index (χ0v) is 18.1. The quantitative estimate of drug-likeness (QED) is 0.728. The van der Waals surface area contributed by atoms with Crippen LogP contribution in [0.4, 0.5) is 4.79 Å². The van der Waals surface area contributed by atoms with Crippen LogP contribution in [0.2, 0.25) is 0 Å². The molecule has 1 aliphatic carbocycles. The molecule has 2 aliphatic rings. The highest BCUT2D eigenvalue weighted by Gasteiger charge is 2.20. The molecule has 2 amide bonds. The third kappa shape index (κ3) is 5.49. The fourth-order valence-electron chi connectivity index (χ4n) is 3.73. The third-order valence-electron chi connectivity index (χ3n) is 5.31. The summed E-state index contributed by atoms with van der Waals surface area (Å²) in [6.07, 6.45) is 11.3. The summed E-state index contributed by atoms with van der Waals surface area (Å²) in [4.78, 5) is 18.7. The van der Waals surface area contributed by atoms with Crippen LogP contribution < -0.4 is 15.4 Å². The lowest BCUT2D eigenvalue weighted by atomic mass is 10.0. The molecule has 1 aromatic carbocycles. The SMILES string of the molecule is CCNC(=O)NC1CCN(CC2=CCC=C(Oc3nc4ccccc4s3)C=C2)CC1. The zero-order valence-electron chi connectivity index (χ0n) is 17.3. The number of carbonyl (C=O) groups excluding carboxylic acids is 1. The van der Waals surface area contributed by atoms with E-state index >= 15 is 0 Å². The number of nitrogens with zero attached hydrogens (tertiary/aromatic N) is 2. The molecule has 7 heteroatoms. The average molecular weight is 425 g/mol. The van der Waals surface area contributed by atoms with Crippen LogP contribution in [0.5, 0.6) is 5.19 Å². The highest BCUT2D eigenvalue weighted by Crippen LogP contribution is 2.29. The van der Waals surface area contributed by atoms with Crippen molar-refractivity contribution in [2.75, 3.05) is 26.2 Å². The summed E-state index contributed by atoms with van der Waals surface area (Å²) in [7, 11) is 0. The van der Waals surface area contributed by atoms with E-state index < -0.39 is 0 Å². The number of amides is 2. The molecule has 1 aromatic heterocycles. The summed E-state index contributed by atoms with van der Waals surface area (Å²) in [5.74, 6) is 0.838. The number of nitrogens with one attached hydrogen (secondary N) is 2. The van der Waals surface area contributed by atoms with Gasteiger partial charge in [-0.15, -0.1) is 0 Å². The van der Waals surface area contributed by atoms with Gasteiger partial charge in [0, 0.05) is 32.2 Å². The summed E-state index contributed by atoms with van der Waals surface area (Å²) >= 11 is 1.57. The maximum atomic E-state index is 11.7. The molecule has 0 atom stereocenters. The predicted molar refractivity (Wildman–Crippen MR) is 122 cm³/mol. The maximum absolute atomic E-state index is 11.7. The number of thiazole rings is 1. The Morgan fingerprint density at radius 1 is 1.23 bits per heavy atom. The average Bonchev–Trinajstić information content (AvgIpc) is 3.02. The number of aromatic nitrogens is 1. The molecule has 0 saturated carbocycles. The van der Waals surface area contributed by atoms with E-state index in [2.05, 4.69) is 44.8 Å². The van der Waals surface area contributed by atoms with Crippen LogP contribution >= 0.6 is 11.3 Å². The molecule has 1 aliphatic heterocycles. The Kier molecular flexibility index (Phi) is 6.81. The second-order valence-corrected chi connectivity index (χ2v) is 8.55. The van der Waals surface area contributed by atoms with Gasteiger partial charge in [-0.25, -0.2) is 9.78 Å². The topological polar surface area (TPSA) is 66.5 Å². The van der Waals surface area contributed by atoms with E-state index in [1.165, 1.54) is 5.57 Å². The Morgan fingerprint density at radius 2 is 2.07 bits per heavy atom. The fraction of sp³-hybridized carbons (Fsp3) is 0.391. The first-order chi connectivity index (χ1) is 14.7. The van der Waals surface area contributed by atoms with Crippen molar-refractivity contribution in [2.24, 2.45) is 0 Å². The number of carbonyl (C=O) groups is 1. The molecule has 0 radical (unpaired) electrons. The number of piperidine rings is 1. The Hall–Kier alpha value is -2.64. The number of ether oxygens (including phenoxy) is 1. The molecule has 0 unspecified atom stereocenters. The van der Waals surface area contributed by atoms with Crippen molar-refractivity contribution in [1.82, 2.24) is 20.5 Å². The monoisotopic (exact) mass is 424 g/mol. The number of benzene rings is 1. The van der Waals surface area contributed by atoms with Crippen molar-refractivity contribution >= 4 is 27.6 Å². The number of urea groups is 1. The van der Waals surface area contributed by atoms with Gasteiger partial charge in [0.05, 0.1) is 10.2 Å². The van der Waals surface area contributed by atoms with Crippen LogP contribution in [-0.4, -0.2) is 48.1 Å². The van der Waals surface area contributed by atoms with Crippen molar-refractivity contribution in [3.05, 3.63) is 59.9 Å². The van der Waals surface area contributed by atoms with Crippen molar-refractivity contribution in [1.29, 1.82) is 0 Å². The number of rotatable bonds is 6. The highest BCUT2D eigenvalue weighted by molar-refractivity contribution is 7.20. The summed E-state index contributed by atoms with van der Waals surface area (Å²) in [6, 6.07) is 8.28. The smallest absolute Gasteiger partial charge is 0.314 e. The van der Waals surface area contributed by atoms with E-state index in [9.17, 15) is 4.79 Å². The minimum absolute atomic E-state index is 0.0582. The normalized spacial score (nSPS) is 17.9. The van der Waals surface area contributed by atoms with Gasteiger partial charge in [-0.1, -0.05) is 35.6 Å². The number of likely N-dealkylation sites (tertiary alicyclic amines) is 1. The standard InChI is InChI=1S/C23H28N4O2S/c1-2-24-22(28)25-18-12-14-27(15-13-18)16-17-6-5-7-19(11-10-17)29-23-26-20-8-3-4-9-21(20)30-23/h3-4,6-11,18H,2,5,12-16H2,1H3,(H2,24,25,28). The minimum atomic E-state index is -0.0582. The summed E-state index contributed by atoms with van der Waals surface area (Å²) in [6.45, 7) is 5.49. The second-order valence-electron chi connectivity index (χ2n) is 7.56. The van der Waals surface area contributed by atoms with Crippen LogP contribution in [0.15, 0.2) is 59.9 Å². The van der Waals surface area contributed by atoms with Crippen LogP contribution in [0.25, 0.3) is 10.2 Å². The van der Waals surface area contributed by atoms with E-state index in [1.54, 1.807) is 11.3 Å². The molecule has 1 fully saturated rings. The summed E-state index contributed by atoms with van der Waals surface area (Å²) in [5, 5.41) is 6.54. The van der Waals surface area contributed by atoms with Crippen molar-refractivity contribution < 1.29 is 9.53 Å². The van der Waals surface area contributed by atoms with Crippen LogP contribution in [0.1, 0.15) is 26.2 Å². The molecule has 4 rings (SSSR count). The number of para-hydroxylation sites is 1. The molecular formula is C23H28N4O2S. The highest BCUT2D eigenvalue weighted by atomic mass is 32.1. The predicted octanol–water partition coefficient (Wildman–Crippen LogP) is 4.23. The van der Waals surface area contributed by atoms with Gasteiger partial charge < -0.3 is 15.4 Å². The first-order valence-electron chi connectivity index (χ1n) is 10.6. The van der Waals surface area contributed by atoms with Gasteiger partial charge in [0.1, 0.15) is 5.76 Å². The molecule has 2 heterocycles. The van der Waals surface area contributed by atoms with Gasteiger partial charge in [-0.3, -0.25) is 4.90 Å². The third-order valence-corrected chi connectivity index (χ3v) is 6.22. The van der Waals surface area contributed by atoms with Gasteiger partial charge in [0.25, 0.3) is 5.19 Å². The number of fused-ring (bicyclic) bond motifs is 1. The van der Waals surface area contributed by atoms with E-state index in [4.69, 9.17) is 4.74 Å². The van der Waals surface area contributed by atoms with Crippen molar-refractivity contribution in [3.63, 3.8) is 0 Å². The molecule has 6 nitrogen and oxygen atoms in total. The van der Waals surface area contributed by atoms with Gasteiger partial charge in [-0.05, 0) is 56.0 Å². The molecule has 2 aromatic rings. The van der Waals surface area contributed by atoms with Gasteiger partial charge in [0.2, 0.25) is 0 Å². The molecule has 0 spiro atoms. The number of hydrogen-bond acceptors (Lipinski definition) is 5. The van der Waals surface area contributed by atoms with Gasteiger partial charge in [-0.2, -0.15) is 0 Å². The lowest BCUT2D eigenvalue weighted by Crippen LogP contribution is -2.48. The summed E-state index contributed by atoms with van der Waals surface area (Å²) < 4.78 is 7.15. The molecule has 2 N–H and O–H groups in total. The molecule has 30 heavy (non-hydrogen) atoms. The summed E-state index contributed by atoms with van der Waals surface area (Å²) in [5.41, 5.74) is 2.27. The van der Waals surface area contributed by atoms with Crippen LogP contribution in [0.3, 0.4) is 0 Å². The fourth-order valence-corrected chi connectivity index (χ4v) is 4.57. The second kappa shape index (κ2) is 9.91. The van der Waals surface area contributed by atoms with E-state index in [0.717, 1.165) is 54.9 Å². The van der Waals surface area contributed by atoms with E-state index in [0.29, 0.717) is 11.7 Å². The largest absolute Gasteiger partial charge is 0.431 e. The molecular weight excluding hydrogens is 396 g/mol. The first kappa shape index (κ1) is 20.6. The Labute approximate surface area is 181 Å². The van der Waals surface area contributed by atoms with Gasteiger partial charge >= 0.3 is 6.03 Å². The van der Waals surface area contributed by atoms with Crippen molar-refractivity contribution in [3.8, 4) is 5.19 Å². The van der Waals surface area contributed by atoms with Gasteiger partial charge in [0.15, 0.2) is 0 Å². The first-order valence-corrected chi connectivity index (χ1v) is 11.4.